The maximum atomic E-state index is 12.6. The minimum absolute atomic E-state index is 0.195. The number of hydrogen-bond acceptors (Lipinski definition) is 2. The van der Waals surface area contributed by atoms with E-state index >= 15 is 0 Å². The van der Waals surface area contributed by atoms with Gasteiger partial charge in [0.25, 0.3) is 0 Å². The Hall–Kier alpha value is -0.960. The molecule has 15 heavy (non-hydrogen) atoms. The van der Waals surface area contributed by atoms with E-state index in [1.54, 1.807) is 0 Å². The van der Waals surface area contributed by atoms with Crippen molar-refractivity contribution in [2.75, 3.05) is 0 Å². The first-order valence-corrected chi connectivity index (χ1v) is 5.18. The topological polar surface area (TPSA) is 33.1 Å². The lowest BCUT2D eigenvalue weighted by Gasteiger charge is -2.19. The lowest BCUT2D eigenvalue weighted by molar-refractivity contribution is 0.143. The third-order valence-corrected chi connectivity index (χ3v) is 2.26. The van der Waals surface area contributed by atoms with Gasteiger partial charge < -0.3 is 5.11 Å². The number of nitrogens with zero attached hydrogens (tertiary/aromatic N) is 1. The third-order valence-electron chi connectivity index (χ3n) is 2.26. The third kappa shape index (κ3) is 4.38. The molecule has 0 spiro atoms. The van der Waals surface area contributed by atoms with Gasteiger partial charge >= 0.3 is 0 Å². The van der Waals surface area contributed by atoms with Crippen LogP contribution in [0.3, 0.4) is 0 Å². The molecule has 0 aliphatic carbocycles. The van der Waals surface area contributed by atoms with Crippen molar-refractivity contribution in [1.82, 2.24) is 4.98 Å². The molecular weight excluding hydrogens is 193 g/mol. The van der Waals surface area contributed by atoms with E-state index in [0.29, 0.717) is 12.1 Å². The summed E-state index contributed by atoms with van der Waals surface area (Å²) in [5, 5.41) is 9.79. The fourth-order valence-corrected chi connectivity index (χ4v) is 1.30. The Morgan fingerprint density at radius 3 is 2.53 bits per heavy atom. The molecule has 0 aliphatic rings. The van der Waals surface area contributed by atoms with E-state index in [4.69, 9.17) is 0 Å². The fraction of sp³-hybridized carbons (Fsp3) is 0.583. The standard InChI is InChI=1S/C12H18FNO/c1-12(2,3)7-6-11(15)10-5-4-9(13)8-14-10/h4-5,8,11,15H,6-7H2,1-3H3/t11-/m0/s1. The van der Waals surface area contributed by atoms with Gasteiger partial charge in [-0.1, -0.05) is 20.8 Å². The van der Waals surface area contributed by atoms with Crippen LogP contribution in [0.5, 0.6) is 0 Å². The highest BCUT2D eigenvalue weighted by atomic mass is 19.1. The van der Waals surface area contributed by atoms with Crippen LogP contribution in [0, 0.1) is 11.2 Å². The number of rotatable bonds is 3. The summed E-state index contributed by atoms with van der Waals surface area (Å²) in [7, 11) is 0. The van der Waals surface area contributed by atoms with E-state index < -0.39 is 6.10 Å². The van der Waals surface area contributed by atoms with Crippen LogP contribution in [0.15, 0.2) is 18.3 Å². The normalized spacial score (nSPS) is 13.9. The van der Waals surface area contributed by atoms with E-state index in [1.807, 2.05) is 0 Å². The summed E-state index contributed by atoms with van der Waals surface area (Å²) in [6, 6.07) is 2.85. The smallest absolute Gasteiger partial charge is 0.141 e. The number of aliphatic hydroxyl groups excluding tert-OH is 1. The van der Waals surface area contributed by atoms with E-state index in [-0.39, 0.29) is 11.2 Å². The average Bonchev–Trinajstić information content (AvgIpc) is 2.14. The summed E-state index contributed by atoms with van der Waals surface area (Å²) in [6.45, 7) is 6.37. The molecular formula is C12H18FNO. The zero-order valence-electron chi connectivity index (χ0n) is 9.50. The highest BCUT2D eigenvalue weighted by molar-refractivity contribution is 5.07. The van der Waals surface area contributed by atoms with Crippen molar-refractivity contribution in [1.29, 1.82) is 0 Å². The van der Waals surface area contributed by atoms with E-state index in [2.05, 4.69) is 25.8 Å². The molecule has 0 bridgehead atoms. The van der Waals surface area contributed by atoms with Crippen molar-refractivity contribution in [3.05, 3.63) is 29.8 Å². The average molecular weight is 211 g/mol. The summed E-state index contributed by atoms with van der Waals surface area (Å²) in [6.07, 6.45) is 2.11. The minimum Gasteiger partial charge on any atom is -0.387 e. The van der Waals surface area contributed by atoms with Crippen LogP contribution in [0.4, 0.5) is 4.39 Å². The molecule has 2 nitrogen and oxygen atoms in total. The summed E-state index contributed by atoms with van der Waals surface area (Å²) >= 11 is 0. The van der Waals surface area contributed by atoms with Crippen molar-refractivity contribution in [3.8, 4) is 0 Å². The molecule has 1 heterocycles. The monoisotopic (exact) mass is 211 g/mol. The minimum atomic E-state index is -0.593. The van der Waals surface area contributed by atoms with Gasteiger partial charge in [-0.05, 0) is 30.4 Å². The molecule has 1 atom stereocenters. The van der Waals surface area contributed by atoms with Gasteiger partial charge in [0.05, 0.1) is 18.0 Å². The molecule has 0 aliphatic heterocycles. The first-order chi connectivity index (χ1) is 6.88. The molecule has 0 saturated carbocycles. The quantitative estimate of drug-likeness (QED) is 0.833. The molecule has 0 radical (unpaired) electrons. The Labute approximate surface area is 90.2 Å². The summed E-state index contributed by atoms with van der Waals surface area (Å²) in [5.41, 5.74) is 0.738. The second-order valence-corrected chi connectivity index (χ2v) is 5.02. The van der Waals surface area contributed by atoms with Crippen molar-refractivity contribution in [2.45, 2.75) is 39.7 Å². The van der Waals surface area contributed by atoms with Gasteiger partial charge in [-0.2, -0.15) is 0 Å². The zero-order valence-corrected chi connectivity index (χ0v) is 9.50. The second-order valence-electron chi connectivity index (χ2n) is 5.02. The van der Waals surface area contributed by atoms with Crippen LogP contribution >= 0.6 is 0 Å². The predicted molar refractivity (Wildman–Crippen MR) is 57.8 cm³/mol. The van der Waals surface area contributed by atoms with E-state index in [0.717, 1.165) is 12.6 Å². The molecule has 3 heteroatoms. The molecule has 0 unspecified atom stereocenters. The summed E-state index contributed by atoms with van der Waals surface area (Å²) in [4.78, 5) is 3.85. The first kappa shape index (κ1) is 12.1. The van der Waals surface area contributed by atoms with Gasteiger partial charge in [0.2, 0.25) is 0 Å². The Morgan fingerprint density at radius 1 is 1.40 bits per heavy atom. The Balaban J connectivity index is 2.54. The number of aromatic nitrogens is 1. The van der Waals surface area contributed by atoms with Gasteiger partial charge in [0.15, 0.2) is 0 Å². The van der Waals surface area contributed by atoms with E-state index in [9.17, 15) is 9.50 Å². The van der Waals surface area contributed by atoms with Gasteiger partial charge in [0.1, 0.15) is 5.82 Å². The van der Waals surface area contributed by atoms with Crippen LogP contribution in [0.25, 0.3) is 0 Å². The fourth-order valence-electron chi connectivity index (χ4n) is 1.30. The molecule has 0 fully saturated rings. The Morgan fingerprint density at radius 2 is 2.07 bits per heavy atom. The van der Waals surface area contributed by atoms with Crippen molar-refractivity contribution >= 4 is 0 Å². The lowest BCUT2D eigenvalue weighted by atomic mass is 9.89. The first-order valence-electron chi connectivity index (χ1n) is 5.18. The molecule has 1 rings (SSSR count). The summed E-state index contributed by atoms with van der Waals surface area (Å²) in [5.74, 6) is -0.373. The van der Waals surface area contributed by atoms with Gasteiger partial charge in [-0.15, -0.1) is 0 Å². The highest BCUT2D eigenvalue weighted by Gasteiger charge is 2.15. The maximum Gasteiger partial charge on any atom is 0.141 e. The molecule has 0 amide bonds. The molecule has 1 N–H and O–H groups in total. The maximum absolute atomic E-state index is 12.6. The largest absolute Gasteiger partial charge is 0.387 e. The van der Waals surface area contributed by atoms with Gasteiger partial charge in [-0.25, -0.2) is 4.39 Å². The van der Waals surface area contributed by atoms with Crippen LogP contribution in [-0.2, 0) is 0 Å². The number of aliphatic hydroxyl groups is 1. The van der Waals surface area contributed by atoms with Crippen LogP contribution in [0.1, 0.15) is 45.4 Å². The Bertz CT molecular complexity index is 302. The van der Waals surface area contributed by atoms with Crippen molar-refractivity contribution in [2.24, 2.45) is 5.41 Å². The second kappa shape index (κ2) is 4.71. The molecule has 1 aromatic heterocycles. The van der Waals surface area contributed by atoms with Crippen LogP contribution in [0.2, 0.25) is 0 Å². The number of halogens is 1. The highest BCUT2D eigenvalue weighted by Crippen LogP contribution is 2.26. The van der Waals surface area contributed by atoms with Crippen LogP contribution < -0.4 is 0 Å². The Kier molecular flexibility index (Phi) is 3.80. The van der Waals surface area contributed by atoms with E-state index in [1.165, 1.54) is 12.1 Å². The van der Waals surface area contributed by atoms with Crippen molar-refractivity contribution in [3.63, 3.8) is 0 Å². The SMILES string of the molecule is CC(C)(C)CC[C@H](O)c1ccc(F)cn1. The molecule has 1 aromatic rings. The van der Waals surface area contributed by atoms with Gasteiger partial charge in [0, 0.05) is 0 Å². The molecule has 0 aromatic carbocycles. The predicted octanol–water partition coefficient (Wildman–Crippen LogP) is 3.08. The molecule has 84 valence electrons. The zero-order chi connectivity index (χ0) is 11.5. The number of hydrogen-bond donors (Lipinski definition) is 1. The van der Waals surface area contributed by atoms with Crippen molar-refractivity contribution < 1.29 is 9.50 Å². The van der Waals surface area contributed by atoms with Crippen LogP contribution in [-0.4, -0.2) is 10.1 Å². The molecule has 0 saturated heterocycles. The number of pyridine rings is 1. The lowest BCUT2D eigenvalue weighted by Crippen LogP contribution is -2.09. The van der Waals surface area contributed by atoms with Gasteiger partial charge in [-0.3, -0.25) is 4.98 Å². The summed E-state index contributed by atoms with van der Waals surface area (Å²) < 4.78 is 12.6.